The van der Waals surface area contributed by atoms with Gasteiger partial charge in [0.2, 0.25) is 0 Å². The van der Waals surface area contributed by atoms with Crippen LogP contribution < -0.4 is 0 Å². The van der Waals surface area contributed by atoms with Crippen LogP contribution in [0.2, 0.25) is 0 Å². The fraction of sp³-hybridized carbons (Fsp3) is 0.913. The van der Waals surface area contributed by atoms with Crippen molar-refractivity contribution in [3.8, 4) is 0 Å². The Morgan fingerprint density at radius 3 is 2.59 bits per heavy atom. The van der Waals surface area contributed by atoms with Gasteiger partial charge in [0, 0.05) is 12.8 Å². The second-order valence-electron chi connectivity index (χ2n) is 10.4. The first-order valence-corrected chi connectivity index (χ1v) is 11.1. The van der Waals surface area contributed by atoms with Crippen molar-refractivity contribution < 1.29 is 19.4 Å². The van der Waals surface area contributed by atoms with Crippen molar-refractivity contribution in [1.82, 2.24) is 0 Å². The van der Waals surface area contributed by atoms with E-state index >= 15 is 0 Å². The Kier molecular flexibility index (Phi) is 4.73. The number of hydrogen-bond donors (Lipinski definition) is 1. The van der Waals surface area contributed by atoms with Gasteiger partial charge >= 0.3 is 5.97 Å². The van der Waals surface area contributed by atoms with Gasteiger partial charge in [-0.15, -0.1) is 0 Å². The minimum atomic E-state index is -0.921. The summed E-state index contributed by atoms with van der Waals surface area (Å²) in [6, 6.07) is 0. The number of carbonyl (C=O) groups is 2. The number of ether oxygens (including phenoxy) is 1. The minimum Gasteiger partial charge on any atom is -0.466 e. The number of esters is 1. The molecule has 0 radical (unpaired) electrons. The topological polar surface area (TPSA) is 63.6 Å². The van der Waals surface area contributed by atoms with E-state index in [1.165, 1.54) is 6.42 Å². The van der Waals surface area contributed by atoms with Gasteiger partial charge in [-0.1, -0.05) is 13.8 Å². The van der Waals surface area contributed by atoms with Crippen LogP contribution in [0.25, 0.3) is 0 Å². The maximum Gasteiger partial charge on any atom is 0.308 e. The molecule has 0 aromatic carbocycles. The van der Waals surface area contributed by atoms with E-state index in [1.807, 2.05) is 6.92 Å². The predicted octanol–water partition coefficient (Wildman–Crippen LogP) is 4.28. The molecular formula is C23H36O4. The molecule has 0 amide bonds. The Labute approximate surface area is 163 Å². The molecule has 0 spiro atoms. The molecule has 1 N–H and O–H groups in total. The average Bonchev–Trinajstić information content (AvgIpc) is 2.87. The molecular weight excluding hydrogens is 340 g/mol. The summed E-state index contributed by atoms with van der Waals surface area (Å²) in [6.07, 6.45) is 8.94. The summed E-state index contributed by atoms with van der Waals surface area (Å²) < 4.78 is 5.17. The van der Waals surface area contributed by atoms with E-state index in [4.69, 9.17) is 4.74 Å². The summed E-state index contributed by atoms with van der Waals surface area (Å²) in [5.74, 6) is 2.56. The Morgan fingerprint density at radius 2 is 1.85 bits per heavy atom. The minimum absolute atomic E-state index is 0.139. The van der Waals surface area contributed by atoms with Gasteiger partial charge in [-0.3, -0.25) is 9.59 Å². The van der Waals surface area contributed by atoms with Gasteiger partial charge in [0.25, 0.3) is 0 Å². The van der Waals surface area contributed by atoms with Crippen LogP contribution in [0.15, 0.2) is 0 Å². The number of carbonyl (C=O) groups excluding carboxylic acids is 2. The van der Waals surface area contributed by atoms with Crippen molar-refractivity contribution >= 4 is 11.8 Å². The lowest BCUT2D eigenvalue weighted by Gasteiger charge is -2.61. The molecule has 4 saturated carbocycles. The zero-order valence-electron chi connectivity index (χ0n) is 17.3. The van der Waals surface area contributed by atoms with Crippen molar-refractivity contribution in [2.45, 2.75) is 90.6 Å². The van der Waals surface area contributed by atoms with Gasteiger partial charge in [0.05, 0.1) is 18.6 Å². The second kappa shape index (κ2) is 6.57. The summed E-state index contributed by atoms with van der Waals surface area (Å²) >= 11 is 0. The molecule has 7 atom stereocenters. The molecule has 0 aliphatic heterocycles. The number of Topliss-reactive ketones (excluding diaryl/α,β-unsaturated/α-hetero) is 1. The predicted molar refractivity (Wildman–Crippen MR) is 103 cm³/mol. The smallest absolute Gasteiger partial charge is 0.308 e. The van der Waals surface area contributed by atoms with E-state index in [-0.39, 0.29) is 17.8 Å². The van der Waals surface area contributed by atoms with Crippen LogP contribution in [0.1, 0.15) is 85.0 Å². The van der Waals surface area contributed by atoms with Crippen molar-refractivity contribution in [1.29, 1.82) is 0 Å². The van der Waals surface area contributed by atoms with Crippen LogP contribution in [-0.4, -0.2) is 29.1 Å². The van der Waals surface area contributed by atoms with Gasteiger partial charge < -0.3 is 9.84 Å². The highest BCUT2D eigenvalue weighted by molar-refractivity contribution is 5.79. The molecule has 152 valence electrons. The summed E-state index contributed by atoms with van der Waals surface area (Å²) in [4.78, 5) is 24.2. The second-order valence-corrected chi connectivity index (χ2v) is 10.4. The van der Waals surface area contributed by atoms with E-state index < -0.39 is 5.60 Å². The third kappa shape index (κ3) is 2.81. The summed E-state index contributed by atoms with van der Waals surface area (Å²) in [7, 11) is 0. The highest BCUT2D eigenvalue weighted by Crippen LogP contribution is 2.68. The molecule has 0 heterocycles. The molecule has 4 aliphatic carbocycles. The number of ketones is 1. The summed E-state index contributed by atoms with van der Waals surface area (Å²) in [6.45, 7) is 6.88. The molecule has 4 nitrogen and oxygen atoms in total. The number of aliphatic hydroxyl groups is 1. The quantitative estimate of drug-likeness (QED) is 0.747. The molecule has 0 aromatic heterocycles. The molecule has 4 rings (SSSR count). The Morgan fingerprint density at radius 1 is 1.11 bits per heavy atom. The SMILES string of the molecule is CCOC(=O)CC1(O)CC[C@H]2[C@@H]3CCC4CC(=O)CC[C@]4(C)[C@@H]3CC[C@@]21C. The lowest BCUT2D eigenvalue weighted by molar-refractivity contribution is -0.170. The summed E-state index contributed by atoms with van der Waals surface area (Å²) in [5, 5.41) is 11.5. The van der Waals surface area contributed by atoms with Gasteiger partial charge in [-0.05, 0) is 86.4 Å². The lowest BCUT2D eigenvalue weighted by Crippen LogP contribution is -2.57. The molecule has 0 bridgehead atoms. The van der Waals surface area contributed by atoms with Gasteiger partial charge in [-0.2, -0.15) is 0 Å². The third-order valence-electron chi connectivity index (χ3n) is 9.55. The van der Waals surface area contributed by atoms with Crippen LogP contribution in [-0.2, 0) is 14.3 Å². The maximum atomic E-state index is 12.2. The van der Waals surface area contributed by atoms with Crippen molar-refractivity contribution in [2.24, 2.45) is 34.5 Å². The zero-order chi connectivity index (χ0) is 19.4. The normalized spacial score (nSPS) is 49.1. The molecule has 4 fully saturated rings. The Bertz CT molecular complexity index is 630. The largest absolute Gasteiger partial charge is 0.466 e. The van der Waals surface area contributed by atoms with Gasteiger partial charge in [-0.25, -0.2) is 0 Å². The highest BCUT2D eigenvalue weighted by atomic mass is 16.5. The molecule has 4 aliphatic rings. The molecule has 0 aromatic rings. The first-order valence-electron chi connectivity index (χ1n) is 11.1. The number of hydrogen-bond acceptors (Lipinski definition) is 4. The first-order chi connectivity index (χ1) is 12.7. The highest BCUT2D eigenvalue weighted by Gasteiger charge is 2.64. The molecule has 2 unspecified atom stereocenters. The van der Waals surface area contributed by atoms with E-state index in [0.717, 1.165) is 51.4 Å². The van der Waals surface area contributed by atoms with Crippen molar-refractivity contribution in [3.05, 3.63) is 0 Å². The third-order valence-corrected chi connectivity index (χ3v) is 9.55. The zero-order valence-corrected chi connectivity index (χ0v) is 17.3. The average molecular weight is 377 g/mol. The fourth-order valence-electron chi connectivity index (χ4n) is 7.90. The maximum absolute atomic E-state index is 12.2. The fourth-order valence-corrected chi connectivity index (χ4v) is 7.90. The Hall–Kier alpha value is -0.900. The van der Waals surface area contributed by atoms with E-state index in [2.05, 4.69) is 13.8 Å². The van der Waals surface area contributed by atoms with Crippen LogP contribution in [0.3, 0.4) is 0 Å². The number of rotatable bonds is 3. The standard InChI is InChI=1S/C23H36O4/c1-4-27-20(25)14-23(26)12-9-19-17-6-5-15-13-16(24)7-10-21(15,2)18(17)8-11-22(19,23)3/h15,17-19,26H,4-14H2,1-3H3/t15?,17-,18-,19+,21+,22+,23?/m1/s1. The van der Waals surface area contributed by atoms with Crippen molar-refractivity contribution in [2.75, 3.05) is 6.61 Å². The van der Waals surface area contributed by atoms with Crippen LogP contribution in [0.4, 0.5) is 0 Å². The van der Waals surface area contributed by atoms with E-state index in [1.54, 1.807) is 0 Å². The molecule has 4 heteroatoms. The molecule has 0 saturated heterocycles. The van der Waals surface area contributed by atoms with Gasteiger partial charge in [0.1, 0.15) is 5.78 Å². The summed E-state index contributed by atoms with van der Waals surface area (Å²) in [5.41, 5.74) is -0.816. The first kappa shape index (κ1) is 19.4. The Balaban J connectivity index is 1.57. The van der Waals surface area contributed by atoms with Gasteiger partial charge in [0.15, 0.2) is 0 Å². The van der Waals surface area contributed by atoms with Crippen LogP contribution in [0, 0.1) is 34.5 Å². The van der Waals surface area contributed by atoms with Crippen molar-refractivity contribution in [3.63, 3.8) is 0 Å². The molecule has 27 heavy (non-hydrogen) atoms. The van der Waals surface area contributed by atoms with E-state index in [9.17, 15) is 14.7 Å². The monoisotopic (exact) mass is 376 g/mol. The van der Waals surface area contributed by atoms with E-state index in [0.29, 0.717) is 41.5 Å². The number of fused-ring (bicyclic) bond motifs is 5. The van der Waals surface area contributed by atoms with Crippen LogP contribution in [0.5, 0.6) is 0 Å². The lowest BCUT2D eigenvalue weighted by atomic mass is 9.44. The van der Waals surface area contributed by atoms with Crippen LogP contribution >= 0.6 is 0 Å².